The summed E-state index contributed by atoms with van der Waals surface area (Å²) in [6.45, 7) is 1.84. The Hall–Kier alpha value is -2.38. The van der Waals surface area contributed by atoms with E-state index in [4.69, 9.17) is 0 Å². The normalized spacial score (nSPS) is 12.4. The van der Waals surface area contributed by atoms with Gasteiger partial charge in [0.2, 0.25) is 5.91 Å². The molecule has 7 heteroatoms. The molecule has 0 heterocycles. The van der Waals surface area contributed by atoms with Crippen LogP contribution in [0.25, 0.3) is 10.8 Å². The molecule has 3 N–H and O–H groups in total. The number of fused-ring (bicyclic) bond motifs is 1. The maximum absolute atomic E-state index is 12.3. The fraction of sp³-hybridized carbons (Fsp3) is 0.143. The first-order chi connectivity index (χ1) is 13.4. The van der Waals surface area contributed by atoms with Gasteiger partial charge >= 0.3 is 0 Å². The fourth-order valence-electron chi connectivity index (χ4n) is 2.80. The number of nitrogens with one attached hydrogen (secondary N) is 1. The van der Waals surface area contributed by atoms with E-state index in [0.29, 0.717) is 16.5 Å². The Bertz CT molecular complexity index is 1070. The highest BCUT2D eigenvalue weighted by Crippen LogP contribution is 2.40. The first-order valence-electron chi connectivity index (χ1n) is 8.57. The standard InChI is InChI=1S/C21H18Br2N2O3/c1-12(8-13-6-7-14-4-2-3-5-15(14)9-13)21(28)25-24-11-16-10-17(22)20(27)18(23)19(16)26/h2-7,9-12,26-27H,8H2,1H3,(H,25,28)/b24-11-. The zero-order valence-electron chi connectivity index (χ0n) is 15.0. The first-order valence-corrected chi connectivity index (χ1v) is 10.2. The van der Waals surface area contributed by atoms with Crippen LogP contribution >= 0.6 is 31.9 Å². The molecular weight excluding hydrogens is 488 g/mol. The summed E-state index contributed by atoms with van der Waals surface area (Å²) in [5.74, 6) is -0.767. The van der Waals surface area contributed by atoms with Crippen molar-refractivity contribution in [2.75, 3.05) is 0 Å². The van der Waals surface area contributed by atoms with Crippen LogP contribution in [0.3, 0.4) is 0 Å². The number of benzene rings is 3. The highest BCUT2D eigenvalue weighted by molar-refractivity contribution is 9.11. The van der Waals surface area contributed by atoms with E-state index in [0.717, 1.165) is 10.9 Å². The van der Waals surface area contributed by atoms with Crippen LogP contribution in [0.1, 0.15) is 18.1 Å². The van der Waals surface area contributed by atoms with Crippen molar-refractivity contribution in [2.45, 2.75) is 13.3 Å². The summed E-state index contributed by atoms with van der Waals surface area (Å²) in [5.41, 5.74) is 3.92. The number of carbonyl (C=O) groups is 1. The predicted molar refractivity (Wildman–Crippen MR) is 118 cm³/mol. The lowest BCUT2D eigenvalue weighted by molar-refractivity contribution is -0.124. The molecule has 3 aromatic carbocycles. The summed E-state index contributed by atoms with van der Waals surface area (Å²) in [7, 11) is 0. The Kier molecular flexibility index (Phi) is 6.36. The summed E-state index contributed by atoms with van der Waals surface area (Å²) in [6, 6.07) is 15.8. The van der Waals surface area contributed by atoms with Gasteiger partial charge in [0.05, 0.1) is 10.7 Å². The number of amides is 1. The van der Waals surface area contributed by atoms with Crippen LogP contribution in [0.15, 0.2) is 62.6 Å². The minimum atomic E-state index is -0.273. The number of halogens is 2. The van der Waals surface area contributed by atoms with E-state index in [1.807, 2.05) is 31.2 Å². The minimum absolute atomic E-state index is 0.109. The second-order valence-electron chi connectivity index (χ2n) is 6.48. The van der Waals surface area contributed by atoms with Crippen molar-refractivity contribution in [1.29, 1.82) is 0 Å². The Morgan fingerprint density at radius 3 is 2.57 bits per heavy atom. The molecule has 3 rings (SSSR count). The van der Waals surface area contributed by atoms with E-state index in [-0.39, 0.29) is 27.8 Å². The van der Waals surface area contributed by atoms with Crippen LogP contribution in [-0.4, -0.2) is 22.3 Å². The first kappa shape index (κ1) is 20.4. The summed E-state index contributed by atoms with van der Waals surface area (Å²) >= 11 is 6.29. The van der Waals surface area contributed by atoms with Gasteiger partial charge in [-0.05, 0) is 60.7 Å². The molecule has 28 heavy (non-hydrogen) atoms. The van der Waals surface area contributed by atoms with Gasteiger partial charge in [-0.25, -0.2) is 5.43 Å². The minimum Gasteiger partial charge on any atom is -0.506 e. The van der Waals surface area contributed by atoms with Gasteiger partial charge in [-0.1, -0.05) is 49.4 Å². The van der Waals surface area contributed by atoms with Gasteiger partial charge in [0.15, 0.2) is 0 Å². The lowest BCUT2D eigenvalue weighted by Gasteiger charge is -2.11. The zero-order chi connectivity index (χ0) is 20.3. The molecule has 0 spiro atoms. The monoisotopic (exact) mass is 504 g/mol. The van der Waals surface area contributed by atoms with Crippen molar-refractivity contribution < 1.29 is 15.0 Å². The maximum Gasteiger partial charge on any atom is 0.243 e. The van der Waals surface area contributed by atoms with E-state index < -0.39 is 0 Å². The van der Waals surface area contributed by atoms with E-state index in [9.17, 15) is 15.0 Å². The Morgan fingerprint density at radius 2 is 1.82 bits per heavy atom. The lowest BCUT2D eigenvalue weighted by Crippen LogP contribution is -2.26. The van der Waals surface area contributed by atoms with Gasteiger partial charge in [0.1, 0.15) is 16.0 Å². The van der Waals surface area contributed by atoms with Crippen molar-refractivity contribution in [2.24, 2.45) is 11.0 Å². The molecule has 0 aliphatic carbocycles. The SMILES string of the molecule is CC(Cc1ccc2ccccc2c1)C(=O)N/N=C\c1cc(Br)c(O)c(Br)c1O. The number of phenols is 2. The number of rotatable bonds is 5. The fourth-order valence-corrected chi connectivity index (χ4v) is 3.96. The third kappa shape index (κ3) is 4.54. The van der Waals surface area contributed by atoms with Gasteiger partial charge in [-0.2, -0.15) is 5.10 Å². The third-order valence-electron chi connectivity index (χ3n) is 4.38. The van der Waals surface area contributed by atoms with Crippen LogP contribution < -0.4 is 5.43 Å². The highest BCUT2D eigenvalue weighted by Gasteiger charge is 2.15. The number of hydrogen-bond donors (Lipinski definition) is 3. The lowest BCUT2D eigenvalue weighted by atomic mass is 9.98. The Balaban J connectivity index is 1.65. The molecule has 144 valence electrons. The van der Waals surface area contributed by atoms with Crippen LogP contribution in [0.5, 0.6) is 11.5 Å². The average Bonchev–Trinajstić information content (AvgIpc) is 2.69. The number of nitrogens with zero attached hydrogens (tertiary/aromatic N) is 1. The highest BCUT2D eigenvalue weighted by atomic mass is 79.9. The number of hydrazone groups is 1. The summed E-state index contributed by atoms with van der Waals surface area (Å²) in [4.78, 5) is 12.3. The Labute approximate surface area is 179 Å². The average molecular weight is 506 g/mol. The van der Waals surface area contributed by atoms with Crippen molar-refractivity contribution in [3.63, 3.8) is 0 Å². The molecular formula is C21H18Br2N2O3. The second kappa shape index (κ2) is 8.75. The van der Waals surface area contributed by atoms with Crippen LogP contribution in [0, 0.1) is 5.92 Å². The predicted octanol–water partition coefficient (Wildman–Crippen LogP) is 5.10. The summed E-state index contributed by atoms with van der Waals surface area (Å²) < 4.78 is 0.550. The second-order valence-corrected chi connectivity index (χ2v) is 8.13. The zero-order valence-corrected chi connectivity index (χ0v) is 18.2. The van der Waals surface area contributed by atoms with Gasteiger partial charge in [0, 0.05) is 11.5 Å². The van der Waals surface area contributed by atoms with Crippen LogP contribution in [0.4, 0.5) is 0 Å². The molecule has 3 aromatic rings. The van der Waals surface area contributed by atoms with Crippen molar-refractivity contribution >= 4 is 54.8 Å². The quantitative estimate of drug-likeness (QED) is 0.333. The molecule has 0 bridgehead atoms. The largest absolute Gasteiger partial charge is 0.506 e. The smallest absolute Gasteiger partial charge is 0.243 e. The van der Waals surface area contributed by atoms with E-state index >= 15 is 0 Å². The molecule has 1 amide bonds. The molecule has 5 nitrogen and oxygen atoms in total. The van der Waals surface area contributed by atoms with E-state index in [1.54, 1.807) is 0 Å². The van der Waals surface area contributed by atoms with Crippen LogP contribution in [-0.2, 0) is 11.2 Å². The van der Waals surface area contributed by atoms with Gasteiger partial charge in [0.25, 0.3) is 0 Å². The number of phenolic OH excluding ortho intramolecular Hbond substituents is 2. The number of hydrogen-bond acceptors (Lipinski definition) is 4. The number of carbonyl (C=O) groups excluding carboxylic acids is 1. The molecule has 0 aliphatic heterocycles. The molecule has 1 atom stereocenters. The summed E-state index contributed by atoms with van der Waals surface area (Å²) in [6.07, 6.45) is 1.92. The van der Waals surface area contributed by atoms with Crippen molar-refractivity contribution in [3.05, 3.63) is 68.6 Å². The molecule has 0 radical (unpaired) electrons. The van der Waals surface area contributed by atoms with E-state index in [1.165, 1.54) is 17.7 Å². The third-order valence-corrected chi connectivity index (χ3v) is 5.74. The van der Waals surface area contributed by atoms with E-state index in [2.05, 4.69) is 60.6 Å². The molecule has 0 saturated heterocycles. The molecule has 0 aromatic heterocycles. The van der Waals surface area contributed by atoms with Gasteiger partial charge in [-0.15, -0.1) is 0 Å². The molecule has 1 unspecified atom stereocenters. The maximum atomic E-state index is 12.3. The Morgan fingerprint density at radius 1 is 1.11 bits per heavy atom. The molecule has 0 aliphatic rings. The molecule has 0 saturated carbocycles. The molecule has 0 fully saturated rings. The van der Waals surface area contributed by atoms with Crippen LogP contribution in [0.2, 0.25) is 0 Å². The van der Waals surface area contributed by atoms with Crippen molar-refractivity contribution in [3.8, 4) is 11.5 Å². The van der Waals surface area contributed by atoms with Gasteiger partial charge in [-0.3, -0.25) is 4.79 Å². The topological polar surface area (TPSA) is 81.9 Å². The van der Waals surface area contributed by atoms with Crippen molar-refractivity contribution in [1.82, 2.24) is 5.43 Å². The number of aromatic hydroxyl groups is 2. The summed E-state index contributed by atoms with van der Waals surface area (Å²) in [5, 5.41) is 26.0. The van der Waals surface area contributed by atoms with Gasteiger partial charge < -0.3 is 10.2 Å².